The van der Waals surface area contributed by atoms with E-state index in [-0.39, 0.29) is 4.88 Å². The summed E-state index contributed by atoms with van der Waals surface area (Å²) in [5.74, 6) is -2.72. The molecule has 1 aliphatic heterocycles. The quantitative estimate of drug-likeness (QED) is 0.389. The van der Waals surface area contributed by atoms with Crippen LogP contribution in [0.4, 0.5) is 0 Å². The molecule has 0 bridgehead atoms. The maximum Gasteiger partial charge on any atom is 0.279 e. The highest BCUT2D eigenvalue weighted by molar-refractivity contribution is 7.13. The van der Waals surface area contributed by atoms with E-state index in [0.29, 0.717) is 5.52 Å². The topological polar surface area (TPSA) is 108 Å². The Bertz CT molecular complexity index is 882. The van der Waals surface area contributed by atoms with E-state index in [1.54, 1.807) is 12.3 Å². The van der Waals surface area contributed by atoms with Gasteiger partial charge in [-0.15, -0.1) is 11.3 Å². The Labute approximate surface area is 143 Å². The summed E-state index contributed by atoms with van der Waals surface area (Å²) in [6.45, 7) is 1.78. The molecule has 1 atom stereocenters. The number of piperidine rings is 1. The van der Waals surface area contributed by atoms with Crippen molar-refractivity contribution in [3.8, 4) is 0 Å². The standard InChI is InChI=1S/C14H11B2N3O4S/c1-6-2-3-7-4-24-9(8(7)17-6)10(20)19-14(23)5-13(15,16)11(21)18-12(14)22/h2-4,23H,5H2,1H3,(H,19,20)(H,18,21,22). The van der Waals surface area contributed by atoms with Crippen LogP contribution in [0, 0.1) is 6.92 Å². The molecule has 3 N–H and O–H groups in total. The lowest BCUT2D eigenvalue weighted by Crippen LogP contribution is -2.66. The molecule has 3 heterocycles. The lowest BCUT2D eigenvalue weighted by Gasteiger charge is -2.39. The monoisotopic (exact) mass is 339 g/mol. The minimum absolute atomic E-state index is 0.228. The zero-order chi connectivity index (χ0) is 17.7. The van der Waals surface area contributed by atoms with Gasteiger partial charge in [0.25, 0.3) is 11.8 Å². The molecule has 3 rings (SSSR count). The molecule has 2 aromatic heterocycles. The molecule has 24 heavy (non-hydrogen) atoms. The third kappa shape index (κ3) is 2.71. The van der Waals surface area contributed by atoms with Gasteiger partial charge in [0.15, 0.2) is 0 Å². The first-order chi connectivity index (χ1) is 11.1. The minimum atomic E-state index is -2.39. The van der Waals surface area contributed by atoms with Crippen LogP contribution in [0.5, 0.6) is 0 Å². The first-order valence-corrected chi connectivity index (χ1v) is 7.84. The molecule has 4 radical (unpaired) electrons. The molecule has 1 fully saturated rings. The maximum atomic E-state index is 12.5. The number of carbonyl (C=O) groups is 3. The fraction of sp³-hybridized carbons (Fsp3) is 0.286. The van der Waals surface area contributed by atoms with Crippen LogP contribution in [0.15, 0.2) is 17.5 Å². The summed E-state index contributed by atoms with van der Waals surface area (Å²) in [4.78, 5) is 40.5. The van der Waals surface area contributed by atoms with Gasteiger partial charge in [-0.1, -0.05) is 6.07 Å². The number of nitrogens with one attached hydrogen (secondary N) is 2. The fourth-order valence-electron chi connectivity index (χ4n) is 2.44. The molecule has 3 amide bonds. The maximum absolute atomic E-state index is 12.5. The minimum Gasteiger partial charge on any atom is -0.363 e. The van der Waals surface area contributed by atoms with Crippen molar-refractivity contribution in [3.05, 3.63) is 28.1 Å². The molecular formula is C14H11B2N3O4S. The molecule has 10 heteroatoms. The average Bonchev–Trinajstić information content (AvgIpc) is 2.88. The van der Waals surface area contributed by atoms with Crippen molar-refractivity contribution >= 4 is 55.7 Å². The van der Waals surface area contributed by atoms with E-state index in [1.807, 2.05) is 17.4 Å². The Kier molecular flexibility index (Phi) is 3.76. The Morgan fingerprint density at radius 1 is 1.38 bits per heavy atom. The number of hydrogen-bond donors (Lipinski definition) is 3. The van der Waals surface area contributed by atoms with Gasteiger partial charge >= 0.3 is 0 Å². The van der Waals surface area contributed by atoms with Gasteiger partial charge in [-0.25, -0.2) is 0 Å². The summed E-state index contributed by atoms with van der Waals surface area (Å²) in [6, 6.07) is 3.62. The zero-order valence-electron chi connectivity index (χ0n) is 12.6. The van der Waals surface area contributed by atoms with Crippen molar-refractivity contribution in [2.45, 2.75) is 24.3 Å². The highest BCUT2D eigenvalue weighted by Crippen LogP contribution is 2.33. The van der Waals surface area contributed by atoms with Crippen LogP contribution in [0.1, 0.15) is 21.8 Å². The van der Waals surface area contributed by atoms with E-state index in [4.69, 9.17) is 15.7 Å². The third-order valence-electron chi connectivity index (χ3n) is 3.68. The van der Waals surface area contributed by atoms with Crippen molar-refractivity contribution in [1.82, 2.24) is 15.6 Å². The molecule has 1 saturated heterocycles. The van der Waals surface area contributed by atoms with Gasteiger partial charge < -0.3 is 10.4 Å². The molecule has 1 unspecified atom stereocenters. The number of amides is 3. The molecule has 0 spiro atoms. The number of aryl methyl sites for hydroxylation is 1. The Morgan fingerprint density at radius 2 is 2.08 bits per heavy atom. The predicted octanol–water partition coefficient (Wildman–Crippen LogP) is -0.477. The SMILES string of the molecule is [B]C1([B])CC(O)(NC(=O)c2scc3ccc(C)nc23)C(=O)NC1=O. The number of carbonyl (C=O) groups excluding carboxylic acids is 3. The van der Waals surface area contributed by atoms with Crippen molar-refractivity contribution in [2.24, 2.45) is 0 Å². The highest BCUT2D eigenvalue weighted by Gasteiger charge is 2.50. The zero-order valence-corrected chi connectivity index (χ0v) is 13.4. The highest BCUT2D eigenvalue weighted by atomic mass is 32.1. The van der Waals surface area contributed by atoms with Gasteiger partial charge in [0, 0.05) is 22.9 Å². The molecule has 2 aromatic rings. The molecule has 0 aliphatic carbocycles. The second-order valence-corrected chi connectivity index (χ2v) is 6.65. The van der Waals surface area contributed by atoms with E-state index in [2.05, 4.69) is 10.3 Å². The summed E-state index contributed by atoms with van der Waals surface area (Å²) in [5.41, 5.74) is -1.22. The van der Waals surface area contributed by atoms with E-state index in [1.165, 1.54) is 0 Å². The van der Waals surface area contributed by atoms with Gasteiger partial charge in [-0.3, -0.25) is 24.7 Å². The number of aromatic nitrogens is 1. The van der Waals surface area contributed by atoms with E-state index >= 15 is 0 Å². The van der Waals surface area contributed by atoms with Gasteiger partial charge in [0.1, 0.15) is 4.88 Å². The Morgan fingerprint density at radius 3 is 2.79 bits per heavy atom. The first-order valence-electron chi connectivity index (χ1n) is 6.96. The molecule has 1 aliphatic rings. The summed E-state index contributed by atoms with van der Waals surface area (Å²) < 4.78 is 0. The van der Waals surface area contributed by atoms with Crippen LogP contribution in [0.25, 0.3) is 10.9 Å². The van der Waals surface area contributed by atoms with Crippen LogP contribution in [0.3, 0.4) is 0 Å². The lowest BCUT2D eigenvalue weighted by molar-refractivity contribution is -0.153. The molecule has 0 saturated carbocycles. The van der Waals surface area contributed by atoms with Gasteiger partial charge in [-0.05, 0) is 18.2 Å². The number of imide groups is 1. The number of hydrogen-bond acceptors (Lipinski definition) is 6. The van der Waals surface area contributed by atoms with Crippen LogP contribution in [-0.4, -0.2) is 49.2 Å². The second-order valence-electron chi connectivity index (χ2n) is 5.77. The Hall–Kier alpha value is -2.19. The van der Waals surface area contributed by atoms with Crippen molar-refractivity contribution in [2.75, 3.05) is 0 Å². The number of rotatable bonds is 2. The van der Waals surface area contributed by atoms with Crippen LogP contribution in [-0.2, 0) is 9.59 Å². The van der Waals surface area contributed by atoms with Crippen LogP contribution >= 0.6 is 11.3 Å². The summed E-state index contributed by atoms with van der Waals surface area (Å²) in [6.07, 6.45) is -0.647. The number of thiophene rings is 1. The molecule has 118 valence electrons. The largest absolute Gasteiger partial charge is 0.363 e. The van der Waals surface area contributed by atoms with E-state index < -0.39 is 35.1 Å². The predicted molar refractivity (Wildman–Crippen MR) is 88.7 cm³/mol. The van der Waals surface area contributed by atoms with Gasteiger partial charge in [0.05, 0.1) is 21.2 Å². The fourth-order valence-corrected chi connectivity index (χ4v) is 3.30. The number of aliphatic hydroxyl groups is 1. The molecule has 7 nitrogen and oxygen atoms in total. The normalized spacial score (nSPS) is 23.1. The number of nitrogens with zero attached hydrogens (tertiary/aromatic N) is 1. The van der Waals surface area contributed by atoms with Gasteiger partial charge in [-0.2, -0.15) is 0 Å². The van der Waals surface area contributed by atoms with Crippen LogP contribution in [0.2, 0.25) is 5.21 Å². The lowest BCUT2D eigenvalue weighted by atomic mass is 9.49. The van der Waals surface area contributed by atoms with Crippen LogP contribution < -0.4 is 10.6 Å². The smallest absolute Gasteiger partial charge is 0.279 e. The van der Waals surface area contributed by atoms with E-state index in [0.717, 1.165) is 22.4 Å². The van der Waals surface area contributed by atoms with Gasteiger partial charge in [0.2, 0.25) is 11.6 Å². The first kappa shape index (κ1) is 16.7. The number of fused-ring (bicyclic) bond motifs is 1. The van der Waals surface area contributed by atoms with E-state index in [9.17, 15) is 19.5 Å². The van der Waals surface area contributed by atoms with Crippen molar-refractivity contribution in [3.63, 3.8) is 0 Å². The number of pyridine rings is 1. The molecular weight excluding hydrogens is 328 g/mol. The summed E-state index contributed by atoms with van der Waals surface area (Å²) in [7, 11) is 11.1. The third-order valence-corrected chi connectivity index (χ3v) is 4.67. The average molecular weight is 339 g/mol. The summed E-state index contributed by atoms with van der Waals surface area (Å²) >= 11 is 1.12. The summed E-state index contributed by atoms with van der Waals surface area (Å²) in [5, 5.41) is 15.0. The second kappa shape index (κ2) is 5.42. The molecule has 0 aromatic carbocycles. The van der Waals surface area contributed by atoms with Crippen molar-refractivity contribution < 1.29 is 19.5 Å². The van der Waals surface area contributed by atoms with Crippen molar-refractivity contribution in [1.29, 1.82) is 0 Å². The Balaban J connectivity index is 1.92.